The number of carbonyl (C=O) groups is 1. The average molecular weight is 136 g/mol. The van der Waals surface area contributed by atoms with Crippen LogP contribution in [0.25, 0.3) is 0 Å². The molecule has 0 aliphatic rings. The van der Waals surface area contributed by atoms with Crippen LogP contribution in [0.15, 0.2) is 0 Å². The molecule has 0 N–H and O–H groups in total. The van der Waals surface area contributed by atoms with Gasteiger partial charge in [0.15, 0.2) is 0 Å². The number of carbonyl (C=O) groups excluding carboxylic acids is 1. The second kappa shape index (κ2) is 2.90. The maximum Gasteiger partial charge on any atom is 0.111 e. The smallest absolute Gasteiger partial charge is 0.111 e. The van der Waals surface area contributed by atoms with Crippen LogP contribution in [-0.2, 0) is 4.79 Å². The highest BCUT2D eigenvalue weighted by molar-refractivity contribution is 6.55. The standard InChI is InChI=1S/C4HCl2O/c1-2-3(7)4(5)6/h4H/q-1. The maximum atomic E-state index is 9.95. The Morgan fingerprint density at radius 2 is 2.14 bits per heavy atom. The lowest BCUT2D eigenvalue weighted by atomic mass is 10.5. The van der Waals surface area contributed by atoms with E-state index < -0.39 is 10.6 Å². The van der Waals surface area contributed by atoms with E-state index >= 15 is 0 Å². The van der Waals surface area contributed by atoms with Crippen LogP contribution in [0.1, 0.15) is 0 Å². The molecule has 0 aliphatic heterocycles. The van der Waals surface area contributed by atoms with Gasteiger partial charge < -0.3 is 11.2 Å². The van der Waals surface area contributed by atoms with Crippen LogP contribution in [0.3, 0.4) is 0 Å². The lowest BCUT2D eigenvalue weighted by Crippen LogP contribution is -2.02. The van der Waals surface area contributed by atoms with Gasteiger partial charge in [0.25, 0.3) is 0 Å². The van der Waals surface area contributed by atoms with Crippen molar-refractivity contribution in [1.29, 1.82) is 0 Å². The zero-order valence-corrected chi connectivity index (χ0v) is 4.75. The summed E-state index contributed by atoms with van der Waals surface area (Å²) in [5.74, 6) is 0.806. The molecule has 0 spiro atoms. The predicted molar refractivity (Wildman–Crippen MR) is 27.6 cm³/mol. The minimum atomic E-state index is -1.13. The van der Waals surface area contributed by atoms with Crippen LogP contribution >= 0.6 is 23.2 Å². The summed E-state index contributed by atoms with van der Waals surface area (Å²) in [6.07, 6.45) is 6.17. The van der Waals surface area contributed by atoms with Gasteiger partial charge in [-0.2, -0.15) is 0 Å². The fourth-order valence-corrected chi connectivity index (χ4v) is 0.164. The Labute approximate surface area is 51.6 Å². The van der Waals surface area contributed by atoms with Crippen LogP contribution in [0.4, 0.5) is 0 Å². The Bertz CT molecular complexity index is 111. The summed E-state index contributed by atoms with van der Waals surface area (Å²) in [6, 6.07) is 0. The second-order valence-corrected chi connectivity index (χ2v) is 1.89. The van der Waals surface area contributed by atoms with Crippen LogP contribution in [0, 0.1) is 12.3 Å². The second-order valence-electron chi connectivity index (χ2n) is 0.790. The molecule has 3 heteroatoms. The molecule has 1 nitrogen and oxygen atoms in total. The Hall–Kier alpha value is -0.190. The quantitative estimate of drug-likeness (QED) is 0.298. The summed E-state index contributed by atoms with van der Waals surface area (Å²) in [4.78, 5) is 8.82. The zero-order chi connectivity index (χ0) is 5.86. The first-order chi connectivity index (χ1) is 3.18. The largest absolute Gasteiger partial charge is 0.395 e. The summed E-state index contributed by atoms with van der Waals surface area (Å²) >= 11 is 9.92. The molecule has 0 bridgehead atoms. The van der Waals surface area contributed by atoms with Crippen molar-refractivity contribution < 1.29 is 4.79 Å². The van der Waals surface area contributed by atoms with E-state index in [0.29, 0.717) is 0 Å². The third kappa shape index (κ3) is 2.50. The number of hydrogen-bond acceptors (Lipinski definition) is 1. The van der Waals surface area contributed by atoms with E-state index in [1.54, 1.807) is 0 Å². The first-order valence-corrected chi connectivity index (χ1v) is 2.30. The maximum absolute atomic E-state index is 9.95. The third-order valence-corrected chi connectivity index (χ3v) is 0.718. The number of Topliss-reactive ketones (excluding diaryl/α,β-unsaturated/α-hetero) is 1. The zero-order valence-electron chi connectivity index (χ0n) is 3.24. The van der Waals surface area contributed by atoms with E-state index in [1.165, 1.54) is 5.92 Å². The van der Waals surface area contributed by atoms with Gasteiger partial charge in [0, 0.05) is 0 Å². The van der Waals surface area contributed by atoms with Gasteiger partial charge in [0.2, 0.25) is 0 Å². The van der Waals surface area contributed by atoms with E-state index in [9.17, 15) is 4.79 Å². The molecule has 0 radical (unpaired) electrons. The molecule has 0 heterocycles. The van der Waals surface area contributed by atoms with Gasteiger partial charge in [-0.3, -0.25) is 5.92 Å². The van der Waals surface area contributed by atoms with Gasteiger partial charge in [-0.15, -0.1) is 23.2 Å². The lowest BCUT2D eigenvalue weighted by Gasteiger charge is -1.95. The Morgan fingerprint density at radius 1 is 1.71 bits per heavy atom. The van der Waals surface area contributed by atoms with Crippen LogP contribution in [-0.4, -0.2) is 10.6 Å². The molecule has 0 rings (SSSR count). The summed E-state index contributed by atoms with van der Waals surface area (Å²) in [7, 11) is 0. The molecular weight excluding hydrogens is 135 g/mol. The van der Waals surface area contributed by atoms with E-state index in [0.717, 1.165) is 0 Å². The first-order valence-electron chi connectivity index (χ1n) is 1.43. The van der Waals surface area contributed by atoms with Crippen LogP contribution < -0.4 is 0 Å². The number of halogens is 2. The molecule has 0 saturated heterocycles. The Kier molecular flexibility index (Phi) is 2.82. The monoisotopic (exact) mass is 135 g/mol. The fourth-order valence-electron chi connectivity index (χ4n) is 0.0546. The molecule has 0 unspecified atom stereocenters. The molecule has 0 aromatic carbocycles. The number of ketones is 1. The number of alkyl halides is 2. The number of rotatable bonds is 1. The van der Waals surface area contributed by atoms with Crippen LogP contribution in [0.5, 0.6) is 0 Å². The molecule has 0 fully saturated rings. The van der Waals surface area contributed by atoms with Crippen molar-refractivity contribution in [2.45, 2.75) is 4.84 Å². The van der Waals surface area contributed by atoms with Crippen molar-refractivity contribution in [3.05, 3.63) is 6.42 Å². The average Bonchev–Trinajstić information content (AvgIpc) is 1.65. The molecule has 0 aromatic rings. The van der Waals surface area contributed by atoms with Gasteiger partial charge in [0.1, 0.15) is 4.84 Å². The summed E-state index contributed by atoms with van der Waals surface area (Å²) in [6.45, 7) is 0. The minimum absolute atomic E-state index is 0.705. The van der Waals surface area contributed by atoms with Crippen molar-refractivity contribution >= 4 is 29.0 Å². The molecule has 0 saturated carbocycles. The van der Waals surface area contributed by atoms with Gasteiger partial charge in [0.05, 0.1) is 5.78 Å². The highest BCUT2D eigenvalue weighted by Crippen LogP contribution is 2.00. The summed E-state index contributed by atoms with van der Waals surface area (Å²) in [5.41, 5.74) is 0. The van der Waals surface area contributed by atoms with Crippen molar-refractivity contribution in [3.63, 3.8) is 0 Å². The van der Waals surface area contributed by atoms with Crippen molar-refractivity contribution in [3.8, 4) is 5.92 Å². The van der Waals surface area contributed by atoms with Crippen molar-refractivity contribution in [2.24, 2.45) is 0 Å². The fraction of sp³-hybridized carbons (Fsp3) is 0.250. The highest BCUT2D eigenvalue weighted by Gasteiger charge is 1.94. The molecule has 0 aliphatic carbocycles. The summed E-state index contributed by atoms with van der Waals surface area (Å²) < 4.78 is 0. The van der Waals surface area contributed by atoms with E-state index in [2.05, 4.69) is 0 Å². The molecule has 7 heavy (non-hydrogen) atoms. The van der Waals surface area contributed by atoms with Gasteiger partial charge in [-0.1, -0.05) is 0 Å². The van der Waals surface area contributed by atoms with Gasteiger partial charge >= 0.3 is 0 Å². The van der Waals surface area contributed by atoms with E-state index in [4.69, 9.17) is 29.6 Å². The van der Waals surface area contributed by atoms with Crippen molar-refractivity contribution in [2.75, 3.05) is 0 Å². The third-order valence-electron chi connectivity index (χ3n) is 0.321. The molecule has 0 aromatic heterocycles. The molecule has 38 valence electrons. The van der Waals surface area contributed by atoms with Gasteiger partial charge in [-0.25, -0.2) is 0 Å². The van der Waals surface area contributed by atoms with Gasteiger partial charge in [-0.05, 0) is 0 Å². The highest BCUT2D eigenvalue weighted by atomic mass is 35.5. The lowest BCUT2D eigenvalue weighted by molar-refractivity contribution is -0.112. The topological polar surface area (TPSA) is 17.1 Å². The molecule has 0 atom stereocenters. The predicted octanol–water partition coefficient (Wildman–Crippen LogP) is 0.949. The van der Waals surface area contributed by atoms with Crippen LogP contribution in [0.2, 0.25) is 0 Å². The molecule has 0 amide bonds. The minimum Gasteiger partial charge on any atom is -0.395 e. The summed E-state index contributed by atoms with van der Waals surface area (Å²) in [5, 5.41) is 0. The number of hydrogen-bond donors (Lipinski definition) is 0. The van der Waals surface area contributed by atoms with E-state index in [1.807, 2.05) is 0 Å². The molecular formula is C4HCl2O-. The normalized spacial score (nSPS) is 8.29. The van der Waals surface area contributed by atoms with E-state index in [-0.39, 0.29) is 0 Å². The first kappa shape index (κ1) is 6.81. The Balaban J connectivity index is 3.64. The van der Waals surface area contributed by atoms with Crippen molar-refractivity contribution in [1.82, 2.24) is 0 Å². The SMILES string of the molecule is [C-]#CC(=O)C(Cl)Cl. The Morgan fingerprint density at radius 3 is 2.14 bits per heavy atom.